The maximum absolute atomic E-state index is 14.8. The van der Waals surface area contributed by atoms with E-state index in [2.05, 4.69) is 52.9 Å². The number of pyridine rings is 1. The summed E-state index contributed by atoms with van der Waals surface area (Å²) in [5.41, 5.74) is 2.40. The summed E-state index contributed by atoms with van der Waals surface area (Å²) in [6, 6.07) is 2.68. The lowest BCUT2D eigenvalue weighted by molar-refractivity contribution is 0.0731. The Labute approximate surface area is 262 Å². The van der Waals surface area contributed by atoms with Gasteiger partial charge in [0.15, 0.2) is 5.01 Å². The number of halogens is 1. The maximum Gasteiger partial charge on any atom is 0.212 e. The van der Waals surface area contributed by atoms with Gasteiger partial charge in [0.1, 0.15) is 0 Å². The molecule has 0 aliphatic heterocycles. The van der Waals surface area contributed by atoms with Crippen LogP contribution in [0.5, 0.6) is 0 Å². The van der Waals surface area contributed by atoms with Crippen molar-refractivity contribution in [2.45, 2.75) is 82.7 Å². The van der Waals surface area contributed by atoms with Crippen LogP contribution in [0, 0.1) is 11.4 Å². The van der Waals surface area contributed by atoms with E-state index in [-0.39, 0.29) is 23.3 Å². The Morgan fingerprint density at radius 1 is 1.18 bits per heavy atom. The molecule has 1 fully saturated rings. The molecule has 4 aromatic heterocycles. The summed E-state index contributed by atoms with van der Waals surface area (Å²) in [5, 5.41) is 9.38. The second kappa shape index (κ2) is 10.8. The molecule has 44 heavy (non-hydrogen) atoms. The fourth-order valence-corrected chi connectivity index (χ4v) is 9.75. The van der Waals surface area contributed by atoms with Crippen molar-refractivity contribution in [3.63, 3.8) is 0 Å². The van der Waals surface area contributed by atoms with E-state index in [1.165, 1.54) is 23.6 Å². The van der Waals surface area contributed by atoms with Crippen molar-refractivity contribution in [1.29, 1.82) is 0 Å². The topological polar surface area (TPSA) is 98.8 Å². The van der Waals surface area contributed by atoms with Crippen molar-refractivity contribution < 1.29 is 13.4 Å². The smallest absolute Gasteiger partial charge is 0.212 e. The van der Waals surface area contributed by atoms with Crippen LogP contribution in [-0.2, 0) is 28.6 Å². The number of aromatic nitrogens is 6. The number of allylic oxidation sites excluding steroid dienone is 1. The molecular weight excluding hydrogens is 598 g/mol. The SMILES string of the molecule is C=S(=O)(c1cnn(C)c1)N(C(C)C)[C@H]1CCC2=Cc3c(cnn3-c3ccc(F)nc3)C[C@]2(C(=O)c2ncc(C(C)(C)C)s2)C1. The molecule has 0 bridgehead atoms. The van der Waals surface area contributed by atoms with E-state index in [0.717, 1.165) is 21.7 Å². The molecule has 0 radical (unpaired) electrons. The number of carbonyl (C=O) groups excluding carboxylic acids is 1. The summed E-state index contributed by atoms with van der Waals surface area (Å²) in [4.78, 5) is 24.9. The Balaban J connectivity index is 1.45. The van der Waals surface area contributed by atoms with Gasteiger partial charge in [0, 0.05) is 36.4 Å². The van der Waals surface area contributed by atoms with E-state index in [0.29, 0.717) is 41.3 Å². The zero-order valence-electron chi connectivity index (χ0n) is 26.0. The molecule has 4 heterocycles. The molecule has 4 aromatic rings. The number of ketones is 1. The Bertz CT molecular complexity index is 1860. The largest absolute Gasteiger partial charge is 0.290 e. The van der Waals surface area contributed by atoms with Crippen LogP contribution in [-0.4, -0.2) is 61.8 Å². The maximum atomic E-state index is 14.8. The molecule has 0 aromatic carbocycles. The molecule has 9 nitrogen and oxygen atoms in total. The first-order valence-electron chi connectivity index (χ1n) is 14.8. The molecule has 0 N–H and O–H groups in total. The standard InChI is InChI=1S/C32H38FN7O2S2/c1-20(2)40(44(7,42)25-17-36-38(6)19-25)23-9-8-22-12-26-21(15-37-39(26)24-10-11-28(33)34-16-24)13-32(22,14-23)29(41)30-35-18-27(43-30)31(3,4)5/h10-12,15-20,23H,7-9,13-14H2,1-6H3/t23-,32-,44?/m0/s1. The summed E-state index contributed by atoms with van der Waals surface area (Å²) < 4.78 is 33.4. The lowest BCUT2D eigenvalue weighted by Gasteiger charge is -2.48. The lowest BCUT2D eigenvalue weighted by atomic mass is 9.61. The summed E-state index contributed by atoms with van der Waals surface area (Å²) in [7, 11) is -1.10. The van der Waals surface area contributed by atoms with Crippen LogP contribution >= 0.6 is 11.3 Å². The van der Waals surface area contributed by atoms with Crippen molar-refractivity contribution in [2.75, 3.05) is 0 Å². The number of carbonyl (C=O) groups is 1. The average molecular weight is 636 g/mol. The zero-order valence-corrected chi connectivity index (χ0v) is 27.6. The van der Waals surface area contributed by atoms with E-state index in [9.17, 15) is 13.4 Å². The Kier molecular flexibility index (Phi) is 7.53. The quantitative estimate of drug-likeness (QED) is 0.148. The monoisotopic (exact) mass is 635 g/mol. The predicted molar refractivity (Wildman–Crippen MR) is 172 cm³/mol. The van der Waals surface area contributed by atoms with E-state index < -0.39 is 21.1 Å². The summed E-state index contributed by atoms with van der Waals surface area (Å²) in [6.07, 6.45) is 12.7. The summed E-state index contributed by atoms with van der Waals surface area (Å²) in [6.45, 7) is 10.4. The van der Waals surface area contributed by atoms with E-state index in [1.807, 2.05) is 24.3 Å². The minimum absolute atomic E-state index is 0.0172. The Morgan fingerprint density at radius 3 is 2.57 bits per heavy atom. The lowest BCUT2D eigenvalue weighted by Crippen LogP contribution is -2.52. The van der Waals surface area contributed by atoms with Gasteiger partial charge in [-0.05, 0) is 74.6 Å². The fraction of sp³-hybridized carbons (Fsp3) is 0.438. The highest BCUT2D eigenvalue weighted by molar-refractivity contribution is 7.98. The van der Waals surface area contributed by atoms with Crippen molar-refractivity contribution in [3.05, 3.63) is 75.8 Å². The first-order chi connectivity index (χ1) is 20.7. The first kappa shape index (κ1) is 30.5. The van der Waals surface area contributed by atoms with Crippen LogP contribution in [0.3, 0.4) is 0 Å². The molecule has 232 valence electrons. The third-order valence-corrected chi connectivity index (χ3v) is 12.5. The fourth-order valence-electron chi connectivity index (χ4n) is 6.62. The number of Topliss-reactive ketones (excluding diaryl/α,β-unsaturated/α-hetero) is 1. The van der Waals surface area contributed by atoms with Gasteiger partial charge in [-0.15, -0.1) is 11.3 Å². The van der Waals surface area contributed by atoms with Gasteiger partial charge < -0.3 is 0 Å². The molecule has 6 rings (SSSR count). The second-order valence-electron chi connectivity index (χ2n) is 13.2. The zero-order chi connectivity index (χ0) is 31.6. The Morgan fingerprint density at radius 2 is 1.95 bits per heavy atom. The minimum Gasteiger partial charge on any atom is -0.290 e. The number of rotatable bonds is 7. The molecule has 2 aliphatic rings. The normalized spacial score (nSPS) is 21.6. The van der Waals surface area contributed by atoms with Crippen LogP contribution in [0.1, 0.15) is 79.8 Å². The summed E-state index contributed by atoms with van der Waals surface area (Å²) in [5.74, 6) is 3.66. The van der Waals surface area contributed by atoms with Crippen molar-refractivity contribution in [3.8, 4) is 5.69 Å². The van der Waals surface area contributed by atoms with Crippen LogP contribution in [0.15, 0.2) is 53.6 Å². The average Bonchev–Trinajstić information content (AvgIpc) is 3.71. The number of hydrogen-bond donors (Lipinski definition) is 0. The number of nitrogens with zero attached hydrogens (tertiary/aromatic N) is 7. The highest BCUT2D eigenvalue weighted by Gasteiger charge is 2.52. The molecule has 2 aliphatic carbocycles. The molecule has 1 saturated carbocycles. The molecule has 12 heteroatoms. The number of hydrogen-bond acceptors (Lipinski definition) is 7. The number of fused-ring (bicyclic) bond motifs is 2. The third kappa shape index (κ3) is 5.16. The van der Waals surface area contributed by atoms with E-state index >= 15 is 0 Å². The minimum atomic E-state index is -2.89. The molecule has 1 unspecified atom stereocenters. The van der Waals surface area contributed by atoms with Gasteiger partial charge in [0.2, 0.25) is 11.7 Å². The van der Waals surface area contributed by atoms with Gasteiger partial charge in [-0.3, -0.25) is 9.48 Å². The van der Waals surface area contributed by atoms with Gasteiger partial charge in [0.05, 0.1) is 50.0 Å². The number of aryl methyl sites for hydroxylation is 1. The van der Waals surface area contributed by atoms with Crippen molar-refractivity contribution >= 4 is 38.8 Å². The predicted octanol–water partition coefficient (Wildman–Crippen LogP) is 5.66. The van der Waals surface area contributed by atoms with Crippen LogP contribution in [0.4, 0.5) is 4.39 Å². The Hall–Kier alpha value is -3.48. The van der Waals surface area contributed by atoms with Crippen LogP contribution in [0.25, 0.3) is 11.8 Å². The van der Waals surface area contributed by atoms with Crippen molar-refractivity contribution in [1.82, 2.24) is 33.8 Å². The molecule has 0 saturated heterocycles. The van der Waals surface area contributed by atoms with Gasteiger partial charge in [-0.1, -0.05) is 26.3 Å². The second-order valence-corrected chi connectivity index (χ2v) is 16.4. The summed E-state index contributed by atoms with van der Waals surface area (Å²) >= 11 is 1.45. The molecule has 0 amide bonds. The third-order valence-electron chi connectivity index (χ3n) is 8.72. The van der Waals surface area contributed by atoms with Gasteiger partial charge in [-0.25, -0.2) is 23.2 Å². The van der Waals surface area contributed by atoms with Crippen LogP contribution in [0.2, 0.25) is 0 Å². The van der Waals surface area contributed by atoms with E-state index in [1.54, 1.807) is 41.1 Å². The molecule has 0 spiro atoms. The van der Waals surface area contributed by atoms with Crippen molar-refractivity contribution in [2.24, 2.45) is 12.5 Å². The van der Waals surface area contributed by atoms with Gasteiger partial charge in [0.25, 0.3) is 0 Å². The van der Waals surface area contributed by atoms with Gasteiger partial charge >= 0.3 is 0 Å². The molecule has 3 atom stereocenters. The highest BCUT2D eigenvalue weighted by atomic mass is 32.2. The highest BCUT2D eigenvalue weighted by Crippen LogP contribution is 2.52. The van der Waals surface area contributed by atoms with Gasteiger partial charge in [-0.2, -0.15) is 14.6 Å². The molecular formula is C32H38FN7O2S2. The van der Waals surface area contributed by atoms with Crippen LogP contribution < -0.4 is 0 Å². The van der Waals surface area contributed by atoms with E-state index in [4.69, 9.17) is 0 Å². The number of thiazole rings is 1. The first-order valence-corrected chi connectivity index (χ1v) is 17.3.